The van der Waals surface area contributed by atoms with Gasteiger partial charge in [-0.05, 0) is 34.9 Å². The first-order valence-electron chi connectivity index (χ1n) is 5.59. The van der Waals surface area contributed by atoms with E-state index in [2.05, 4.69) is 0 Å². The van der Waals surface area contributed by atoms with Gasteiger partial charge in [0.1, 0.15) is 0 Å². The van der Waals surface area contributed by atoms with Crippen LogP contribution in [0.5, 0.6) is 0 Å². The Morgan fingerprint density at radius 2 is 2.11 bits per heavy atom. The van der Waals surface area contributed by atoms with Gasteiger partial charge in [0.05, 0.1) is 11.5 Å². The van der Waals surface area contributed by atoms with E-state index in [4.69, 9.17) is 5.11 Å². The summed E-state index contributed by atoms with van der Waals surface area (Å²) in [5, 5.41) is 11.3. The molecule has 2 rings (SSSR count). The predicted molar refractivity (Wildman–Crippen MR) is 67.3 cm³/mol. The highest BCUT2D eigenvalue weighted by Gasteiger charge is 2.30. The average molecular weight is 288 g/mol. The van der Waals surface area contributed by atoms with Crippen LogP contribution in [0.1, 0.15) is 18.1 Å². The zero-order chi connectivity index (χ0) is 14.2. The summed E-state index contributed by atoms with van der Waals surface area (Å²) < 4.78 is 38.2. The minimum absolute atomic E-state index is 0.320. The molecule has 1 N–H and O–H groups in total. The van der Waals surface area contributed by atoms with Crippen molar-refractivity contribution < 1.29 is 23.1 Å². The number of carbonyl (C=O) groups is 1. The molecule has 0 radical (unpaired) electrons. The first-order chi connectivity index (χ1) is 8.79. The molecule has 0 fully saturated rings. The van der Waals surface area contributed by atoms with Gasteiger partial charge in [0, 0.05) is 4.70 Å². The zero-order valence-electron chi connectivity index (χ0n) is 9.99. The maximum Gasteiger partial charge on any atom is 0.416 e. The number of benzene rings is 1. The fraction of sp³-hybridized carbons (Fsp3) is 0.308. The highest BCUT2D eigenvalue weighted by Crippen LogP contribution is 2.35. The monoisotopic (exact) mass is 288 g/mol. The summed E-state index contributed by atoms with van der Waals surface area (Å²) in [6.07, 6.45) is -4.03. The lowest BCUT2D eigenvalue weighted by molar-refractivity contribution is -0.141. The Morgan fingerprint density at radius 1 is 1.42 bits per heavy atom. The molecule has 1 heterocycles. The van der Waals surface area contributed by atoms with Crippen LogP contribution in [0.25, 0.3) is 10.1 Å². The molecule has 6 heteroatoms. The fourth-order valence-electron chi connectivity index (χ4n) is 1.83. The van der Waals surface area contributed by atoms with E-state index in [1.165, 1.54) is 17.4 Å². The Hall–Kier alpha value is -1.56. The lowest BCUT2D eigenvalue weighted by atomic mass is 10.0. The normalized spacial score (nSPS) is 13.7. The lowest BCUT2D eigenvalue weighted by Gasteiger charge is -2.07. The molecule has 1 aromatic carbocycles. The smallest absolute Gasteiger partial charge is 0.416 e. The molecule has 0 saturated carbocycles. The Morgan fingerprint density at radius 3 is 2.68 bits per heavy atom. The van der Waals surface area contributed by atoms with Crippen LogP contribution in [0, 0.1) is 5.92 Å². The number of rotatable bonds is 3. The molecule has 1 atom stereocenters. The second-order valence-corrected chi connectivity index (χ2v) is 5.32. The number of alkyl halides is 3. The van der Waals surface area contributed by atoms with Crippen LogP contribution in [0.4, 0.5) is 13.2 Å². The fourth-order valence-corrected chi connectivity index (χ4v) is 2.85. The van der Waals surface area contributed by atoms with Crippen LogP contribution in [0.15, 0.2) is 23.6 Å². The molecular formula is C13H11F3O2S. The van der Waals surface area contributed by atoms with Gasteiger partial charge in [0.2, 0.25) is 0 Å². The Bertz CT molecular complexity index is 616. The Labute approximate surface area is 111 Å². The van der Waals surface area contributed by atoms with E-state index in [9.17, 15) is 18.0 Å². The first-order valence-corrected chi connectivity index (χ1v) is 6.47. The third-order valence-electron chi connectivity index (χ3n) is 2.93. The summed E-state index contributed by atoms with van der Waals surface area (Å²) in [5.41, 5.74) is 0.100. The predicted octanol–water partition coefficient (Wildman–Crippen LogP) is 4.18. The molecule has 0 spiro atoms. The zero-order valence-corrected chi connectivity index (χ0v) is 10.8. The molecule has 0 aliphatic heterocycles. The van der Waals surface area contributed by atoms with E-state index in [1.807, 2.05) is 0 Å². The maximum atomic E-state index is 12.6. The summed E-state index contributed by atoms with van der Waals surface area (Å²) in [6.45, 7) is 1.58. The van der Waals surface area contributed by atoms with Gasteiger partial charge in [-0.2, -0.15) is 13.2 Å². The van der Waals surface area contributed by atoms with Gasteiger partial charge >= 0.3 is 12.1 Å². The quantitative estimate of drug-likeness (QED) is 0.919. The van der Waals surface area contributed by atoms with Crippen LogP contribution in [-0.4, -0.2) is 11.1 Å². The minimum Gasteiger partial charge on any atom is -0.481 e. The van der Waals surface area contributed by atoms with Gasteiger partial charge in [-0.25, -0.2) is 0 Å². The lowest BCUT2D eigenvalue weighted by Crippen LogP contribution is -2.11. The molecule has 102 valence electrons. The van der Waals surface area contributed by atoms with Crippen molar-refractivity contribution in [2.75, 3.05) is 0 Å². The molecule has 0 aliphatic carbocycles. The van der Waals surface area contributed by atoms with Gasteiger partial charge in [0.25, 0.3) is 0 Å². The van der Waals surface area contributed by atoms with Crippen LogP contribution < -0.4 is 0 Å². The van der Waals surface area contributed by atoms with Gasteiger partial charge in [-0.3, -0.25) is 4.79 Å². The van der Waals surface area contributed by atoms with Crippen molar-refractivity contribution >= 4 is 27.4 Å². The van der Waals surface area contributed by atoms with Gasteiger partial charge < -0.3 is 5.11 Å². The van der Waals surface area contributed by atoms with E-state index in [0.29, 0.717) is 16.5 Å². The molecule has 1 aromatic heterocycles. The third kappa shape index (κ3) is 2.89. The number of hydrogen-bond acceptors (Lipinski definition) is 2. The van der Waals surface area contributed by atoms with Crippen molar-refractivity contribution in [2.45, 2.75) is 19.5 Å². The van der Waals surface area contributed by atoms with E-state index in [0.717, 1.165) is 17.7 Å². The summed E-state index contributed by atoms with van der Waals surface area (Å²) in [5.74, 6) is -1.47. The number of aliphatic carboxylic acids is 1. The average Bonchev–Trinajstić information content (AvgIpc) is 2.70. The molecule has 19 heavy (non-hydrogen) atoms. The van der Waals surface area contributed by atoms with Gasteiger partial charge in [-0.15, -0.1) is 11.3 Å². The molecule has 1 unspecified atom stereocenters. The van der Waals surface area contributed by atoms with Crippen molar-refractivity contribution in [2.24, 2.45) is 5.92 Å². The van der Waals surface area contributed by atoms with Crippen LogP contribution in [0.2, 0.25) is 0 Å². The summed E-state index contributed by atoms with van der Waals surface area (Å²) >= 11 is 1.20. The number of carboxylic acids is 1. The van der Waals surface area contributed by atoms with Crippen molar-refractivity contribution in [3.05, 3.63) is 34.7 Å². The van der Waals surface area contributed by atoms with Crippen molar-refractivity contribution in [1.29, 1.82) is 0 Å². The minimum atomic E-state index is -4.35. The van der Waals surface area contributed by atoms with Crippen LogP contribution >= 0.6 is 11.3 Å². The topological polar surface area (TPSA) is 37.3 Å². The number of fused-ring (bicyclic) bond motifs is 1. The molecule has 2 aromatic rings. The number of thiophene rings is 1. The number of hydrogen-bond donors (Lipinski definition) is 1. The second-order valence-electron chi connectivity index (χ2n) is 4.41. The summed E-state index contributed by atoms with van der Waals surface area (Å²) in [6, 6.07) is 3.55. The molecule has 0 amide bonds. The Kier molecular flexibility index (Phi) is 3.54. The van der Waals surface area contributed by atoms with Crippen molar-refractivity contribution in [1.82, 2.24) is 0 Å². The SMILES string of the molecule is CC(Cc1csc2cc(C(F)(F)F)ccc12)C(=O)O. The largest absolute Gasteiger partial charge is 0.481 e. The molecule has 0 bridgehead atoms. The standard InChI is InChI=1S/C13H11F3O2S/c1-7(12(17)18)4-8-6-19-11-5-9(13(14,15)16)2-3-10(8)11/h2-3,5-7H,4H2,1H3,(H,17,18). The first kappa shape index (κ1) is 13.9. The van der Waals surface area contributed by atoms with Crippen LogP contribution in [0.3, 0.4) is 0 Å². The van der Waals surface area contributed by atoms with Crippen LogP contribution in [-0.2, 0) is 17.4 Å². The van der Waals surface area contributed by atoms with E-state index in [1.54, 1.807) is 12.3 Å². The summed E-state index contributed by atoms with van der Waals surface area (Å²) in [4.78, 5) is 10.8. The van der Waals surface area contributed by atoms with E-state index < -0.39 is 23.6 Å². The van der Waals surface area contributed by atoms with E-state index in [-0.39, 0.29) is 0 Å². The van der Waals surface area contributed by atoms with E-state index >= 15 is 0 Å². The molecule has 0 saturated heterocycles. The summed E-state index contributed by atoms with van der Waals surface area (Å²) in [7, 11) is 0. The molecule has 0 aliphatic rings. The van der Waals surface area contributed by atoms with Gasteiger partial charge in [-0.1, -0.05) is 13.0 Å². The molecule has 2 nitrogen and oxygen atoms in total. The van der Waals surface area contributed by atoms with Gasteiger partial charge in [0.15, 0.2) is 0 Å². The maximum absolute atomic E-state index is 12.6. The third-order valence-corrected chi connectivity index (χ3v) is 3.92. The second kappa shape index (κ2) is 4.85. The van der Waals surface area contributed by atoms with Crippen molar-refractivity contribution in [3.8, 4) is 0 Å². The Balaban J connectivity index is 2.37. The highest BCUT2D eigenvalue weighted by atomic mass is 32.1. The molecular weight excluding hydrogens is 277 g/mol. The number of halogens is 3. The highest BCUT2D eigenvalue weighted by molar-refractivity contribution is 7.17. The van der Waals surface area contributed by atoms with Crippen molar-refractivity contribution in [3.63, 3.8) is 0 Å². The number of carboxylic acid groups (broad SMARTS) is 1.